The number of hydrogen-bond acceptors (Lipinski definition) is 2. The number of alkyl halides is 3. The van der Waals surface area contributed by atoms with E-state index in [2.05, 4.69) is 5.32 Å². The van der Waals surface area contributed by atoms with Crippen LogP contribution in [0.4, 0.5) is 18.9 Å². The van der Waals surface area contributed by atoms with E-state index < -0.39 is 11.7 Å². The molecular formula is C19H19ClF3NOS. The zero-order valence-electron chi connectivity index (χ0n) is 14.4. The van der Waals surface area contributed by atoms with E-state index in [1.807, 2.05) is 32.0 Å². The maximum atomic E-state index is 12.9. The molecule has 1 N–H and O–H groups in total. The van der Waals surface area contributed by atoms with Gasteiger partial charge in [0.2, 0.25) is 5.91 Å². The van der Waals surface area contributed by atoms with Crippen molar-refractivity contribution >= 4 is 35.0 Å². The summed E-state index contributed by atoms with van der Waals surface area (Å²) in [4.78, 5) is 12.6. The van der Waals surface area contributed by atoms with Crippen LogP contribution in [0.2, 0.25) is 5.02 Å². The summed E-state index contributed by atoms with van der Waals surface area (Å²) in [6, 6.07) is 9.51. The Morgan fingerprint density at radius 2 is 1.73 bits per heavy atom. The molecule has 0 unspecified atom stereocenters. The number of halogens is 4. The molecule has 0 saturated heterocycles. The second-order valence-electron chi connectivity index (χ2n) is 5.63. The van der Waals surface area contributed by atoms with E-state index in [1.165, 1.54) is 12.1 Å². The maximum Gasteiger partial charge on any atom is 0.417 e. The number of rotatable bonds is 6. The third-order valence-corrected chi connectivity index (χ3v) is 5.20. The van der Waals surface area contributed by atoms with Crippen molar-refractivity contribution in [2.75, 3.05) is 11.1 Å². The van der Waals surface area contributed by atoms with Crippen LogP contribution in [0.3, 0.4) is 0 Å². The number of hydrogen-bond donors (Lipinski definition) is 1. The number of thioether (sulfide) groups is 1. The Labute approximate surface area is 160 Å². The summed E-state index contributed by atoms with van der Waals surface area (Å²) in [5.74, 6) is -0.241. The number of nitrogens with one attached hydrogen (secondary N) is 1. The Hall–Kier alpha value is -1.66. The lowest BCUT2D eigenvalue weighted by Gasteiger charge is -2.14. The Morgan fingerprint density at radius 1 is 1.12 bits per heavy atom. The highest BCUT2D eigenvalue weighted by atomic mass is 35.5. The van der Waals surface area contributed by atoms with Crippen LogP contribution in [0.15, 0.2) is 41.3 Å². The van der Waals surface area contributed by atoms with Gasteiger partial charge in [-0.2, -0.15) is 13.2 Å². The lowest BCUT2D eigenvalue weighted by Crippen LogP contribution is -2.16. The van der Waals surface area contributed by atoms with Crippen molar-refractivity contribution < 1.29 is 18.0 Å². The van der Waals surface area contributed by atoms with E-state index in [4.69, 9.17) is 11.6 Å². The number of carbonyl (C=O) groups is 1. The average Bonchev–Trinajstić information content (AvgIpc) is 2.60. The highest BCUT2D eigenvalue weighted by Crippen LogP contribution is 2.37. The number of aryl methyl sites for hydroxylation is 2. The Balaban J connectivity index is 2.09. The second kappa shape index (κ2) is 8.82. The molecule has 0 fully saturated rings. The number of anilines is 1. The molecule has 7 heteroatoms. The standard InChI is InChI=1S/C19H19ClF3NOS/c1-3-12-6-5-7-13(4-2)18(12)24-17(25)11-26-14-8-9-16(20)15(10-14)19(21,22)23/h5-10H,3-4,11H2,1-2H3,(H,24,25). The zero-order valence-corrected chi connectivity index (χ0v) is 16.0. The van der Waals surface area contributed by atoms with Gasteiger partial charge in [-0.3, -0.25) is 4.79 Å². The van der Waals surface area contributed by atoms with Gasteiger partial charge in [0.05, 0.1) is 16.3 Å². The van der Waals surface area contributed by atoms with E-state index >= 15 is 0 Å². The van der Waals surface area contributed by atoms with Gasteiger partial charge in [0.15, 0.2) is 0 Å². The number of amides is 1. The minimum absolute atomic E-state index is 0.0140. The van der Waals surface area contributed by atoms with Crippen molar-refractivity contribution in [2.45, 2.75) is 37.8 Å². The molecule has 0 aromatic heterocycles. The molecule has 0 bridgehead atoms. The normalized spacial score (nSPS) is 11.5. The Morgan fingerprint density at radius 3 is 2.27 bits per heavy atom. The van der Waals surface area contributed by atoms with Crippen LogP contribution in [0.1, 0.15) is 30.5 Å². The highest BCUT2D eigenvalue weighted by Gasteiger charge is 2.33. The quantitative estimate of drug-likeness (QED) is 0.582. The fourth-order valence-corrected chi connectivity index (χ4v) is 3.50. The first-order valence-corrected chi connectivity index (χ1v) is 9.52. The molecule has 0 saturated carbocycles. The van der Waals surface area contributed by atoms with E-state index in [0.29, 0.717) is 4.90 Å². The van der Waals surface area contributed by atoms with E-state index in [-0.39, 0.29) is 16.7 Å². The summed E-state index contributed by atoms with van der Waals surface area (Å²) < 4.78 is 38.7. The van der Waals surface area contributed by atoms with Crippen LogP contribution in [0.5, 0.6) is 0 Å². The molecule has 0 aliphatic carbocycles. The summed E-state index contributed by atoms with van der Waals surface area (Å²) in [5, 5.41) is 2.55. The molecule has 2 aromatic carbocycles. The smallest absolute Gasteiger partial charge is 0.325 e. The third-order valence-electron chi connectivity index (χ3n) is 3.88. The molecule has 2 rings (SSSR count). The molecule has 140 valence electrons. The molecule has 0 aliphatic rings. The van der Waals surface area contributed by atoms with Crippen molar-refractivity contribution in [3.63, 3.8) is 0 Å². The van der Waals surface area contributed by atoms with Gasteiger partial charge in [0.1, 0.15) is 0 Å². The van der Waals surface area contributed by atoms with Gasteiger partial charge < -0.3 is 5.32 Å². The summed E-state index contributed by atoms with van der Waals surface area (Å²) >= 11 is 6.65. The minimum atomic E-state index is -4.52. The largest absolute Gasteiger partial charge is 0.417 e. The molecule has 0 heterocycles. The van der Waals surface area contributed by atoms with Gasteiger partial charge in [-0.05, 0) is 42.2 Å². The van der Waals surface area contributed by atoms with Crippen molar-refractivity contribution in [3.05, 3.63) is 58.1 Å². The van der Waals surface area contributed by atoms with Gasteiger partial charge in [0.25, 0.3) is 0 Å². The van der Waals surface area contributed by atoms with Crippen molar-refractivity contribution in [3.8, 4) is 0 Å². The van der Waals surface area contributed by atoms with Gasteiger partial charge in [-0.1, -0.05) is 43.6 Å². The molecule has 0 radical (unpaired) electrons. The number of benzene rings is 2. The lowest BCUT2D eigenvalue weighted by atomic mass is 10.0. The predicted molar refractivity (Wildman–Crippen MR) is 101 cm³/mol. The molecule has 26 heavy (non-hydrogen) atoms. The molecule has 0 atom stereocenters. The number of para-hydroxylation sites is 1. The summed E-state index contributed by atoms with van der Waals surface area (Å²) in [6.45, 7) is 4.01. The SMILES string of the molecule is CCc1cccc(CC)c1NC(=O)CSc1ccc(Cl)c(C(F)(F)F)c1. The van der Waals surface area contributed by atoms with Crippen LogP contribution in [0, 0.1) is 0 Å². The molecule has 0 aliphatic heterocycles. The molecular weight excluding hydrogens is 383 g/mol. The first-order chi connectivity index (χ1) is 12.3. The van der Waals surface area contributed by atoms with Gasteiger partial charge >= 0.3 is 6.18 Å². The van der Waals surface area contributed by atoms with E-state index in [9.17, 15) is 18.0 Å². The van der Waals surface area contributed by atoms with Gasteiger partial charge in [-0.25, -0.2) is 0 Å². The fourth-order valence-electron chi connectivity index (χ4n) is 2.54. The summed E-state index contributed by atoms with van der Waals surface area (Å²) in [7, 11) is 0. The Bertz CT molecular complexity index is 771. The van der Waals surface area contributed by atoms with E-state index in [1.54, 1.807) is 0 Å². The first kappa shape index (κ1) is 20.6. The Kier molecular flexibility index (Phi) is 7.01. The van der Waals surface area contributed by atoms with Crippen LogP contribution >= 0.6 is 23.4 Å². The van der Waals surface area contributed by atoms with Gasteiger partial charge in [0, 0.05) is 10.6 Å². The van der Waals surface area contributed by atoms with Crippen molar-refractivity contribution in [1.82, 2.24) is 0 Å². The first-order valence-electron chi connectivity index (χ1n) is 8.16. The molecule has 2 nitrogen and oxygen atoms in total. The molecule has 2 aromatic rings. The van der Waals surface area contributed by atoms with Crippen molar-refractivity contribution in [2.24, 2.45) is 0 Å². The monoisotopic (exact) mass is 401 g/mol. The molecule has 0 spiro atoms. The van der Waals surface area contributed by atoms with Crippen LogP contribution in [0.25, 0.3) is 0 Å². The van der Waals surface area contributed by atoms with Crippen LogP contribution in [-0.2, 0) is 23.8 Å². The van der Waals surface area contributed by atoms with Gasteiger partial charge in [-0.15, -0.1) is 11.8 Å². The second-order valence-corrected chi connectivity index (χ2v) is 7.09. The third kappa shape index (κ3) is 5.17. The zero-order chi connectivity index (χ0) is 19.3. The molecule has 1 amide bonds. The maximum absolute atomic E-state index is 12.9. The summed E-state index contributed by atoms with van der Waals surface area (Å²) in [6.07, 6.45) is -2.96. The highest BCUT2D eigenvalue weighted by molar-refractivity contribution is 8.00. The summed E-state index contributed by atoms with van der Waals surface area (Å²) in [5.41, 5.74) is 1.98. The average molecular weight is 402 g/mol. The topological polar surface area (TPSA) is 29.1 Å². The fraction of sp³-hybridized carbons (Fsp3) is 0.316. The van der Waals surface area contributed by atoms with Crippen molar-refractivity contribution in [1.29, 1.82) is 0 Å². The van der Waals surface area contributed by atoms with Crippen LogP contribution < -0.4 is 5.32 Å². The van der Waals surface area contributed by atoms with E-state index in [0.717, 1.165) is 47.5 Å². The minimum Gasteiger partial charge on any atom is -0.325 e. The number of carbonyl (C=O) groups excluding carboxylic acids is 1. The lowest BCUT2D eigenvalue weighted by molar-refractivity contribution is -0.137. The van der Waals surface area contributed by atoms with Crippen LogP contribution in [-0.4, -0.2) is 11.7 Å². The predicted octanol–water partition coefficient (Wildman–Crippen LogP) is 6.21.